The van der Waals surface area contributed by atoms with Gasteiger partial charge in [0.2, 0.25) is 10.0 Å². The van der Waals surface area contributed by atoms with Gasteiger partial charge >= 0.3 is 0 Å². The molecule has 0 bridgehead atoms. The number of sulfonamides is 1. The van der Waals surface area contributed by atoms with Crippen LogP contribution in [0.4, 0.5) is 0 Å². The van der Waals surface area contributed by atoms with Crippen LogP contribution in [0, 0.1) is 6.92 Å². The standard InChI is InChI=1S/C20H24N4O3S/c1-13-7-5-10-17-18(13)20(25)24(19(22-17)14(2)21)16-9-6-8-15(11-16)12-23(3)28(4,26)27/h5-11,14H,12,21H2,1-4H3/t14-/m0/s1. The summed E-state index contributed by atoms with van der Waals surface area (Å²) >= 11 is 0. The van der Waals surface area contributed by atoms with Gasteiger partial charge in [-0.2, -0.15) is 0 Å². The Kier molecular flexibility index (Phi) is 5.38. The summed E-state index contributed by atoms with van der Waals surface area (Å²) in [5.41, 5.74) is 8.75. The molecular weight excluding hydrogens is 376 g/mol. The third-order valence-electron chi connectivity index (χ3n) is 4.68. The van der Waals surface area contributed by atoms with Gasteiger partial charge in [0.15, 0.2) is 0 Å². The van der Waals surface area contributed by atoms with Crippen molar-refractivity contribution >= 4 is 20.9 Å². The van der Waals surface area contributed by atoms with Gasteiger partial charge in [-0.05, 0) is 43.2 Å². The van der Waals surface area contributed by atoms with E-state index in [9.17, 15) is 13.2 Å². The lowest BCUT2D eigenvalue weighted by Gasteiger charge is -2.18. The molecule has 0 saturated heterocycles. The molecule has 0 fully saturated rings. The minimum absolute atomic E-state index is 0.191. The molecule has 0 aliphatic rings. The predicted octanol–water partition coefficient (Wildman–Crippen LogP) is 2.11. The van der Waals surface area contributed by atoms with Gasteiger partial charge in [-0.25, -0.2) is 17.7 Å². The molecule has 0 aliphatic carbocycles. The molecule has 3 rings (SSSR count). The number of nitrogens with two attached hydrogens (primary N) is 1. The van der Waals surface area contributed by atoms with E-state index in [2.05, 4.69) is 4.98 Å². The highest BCUT2D eigenvalue weighted by atomic mass is 32.2. The summed E-state index contributed by atoms with van der Waals surface area (Å²) in [6, 6.07) is 12.3. The van der Waals surface area contributed by atoms with Crippen LogP contribution in [0.25, 0.3) is 16.6 Å². The molecule has 0 aliphatic heterocycles. The van der Waals surface area contributed by atoms with Gasteiger partial charge in [-0.15, -0.1) is 0 Å². The number of nitrogens with zero attached hydrogens (tertiary/aromatic N) is 3. The zero-order valence-corrected chi connectivity index (χ0v) is 17.2. The van der Waals surface area contributed by atoms with Crippen LogP contribution in [-0.4, -0.2) is 35.6 Å². The van der Waals surface area contributed by atoms with Crippen molar-refractivity contribution < 1.29 is 8.42 Å². The van der Waals surface area contributed by atoms with Crippen molar-refractivity contribution in [2.75, 3.05) is 13.3 Å². The second-order valence-corrected chi connectivity index (χ2v) is 9.15. The first kappa shape index (κ1) is 20.2. The number of fused-ring (bicyclic) bond motifs is 1. The molecule has 1 atom stereocenters. The van der Waals surface area contributed by atoms with Gasteiger partial charge in [-0.3, -0.25) is 9.36 Å². The highest BCUT2D eigenvalue weighted by Gasteiger charge is 2.18. The zero-order chi connectivity index (χ0) is 20.6. The molecule has 28 heavy (non-hydrogen) atoms. The molecule has 0 radical (unpaired) electrons. The Balaban J connectivity index is 2.22. The number of benzene rings is 2. The second kappa shape index (κ2) is 7.46. The first-order chi connectivity index (χ1) is 13.1. The first-order valence-electron chi connectivity index (χ1n) is 8.88. The van der Waals surface area contributed by atoms with Crippen molar-refractivity contribution in [3.05, 3.63) is 69.8 Å². The van der Waals surface area contributed by atoms with Crippen molar-refractivity contribution in [3.63, 3.8) is 0 Å². The molecule has 8 heteroatoms. The number of hydrogen-bond donors (Lipinski definition) is 1. The van der Waals surface area contributed by atoms with E-state index in [0.717, 1.165) is 17.4 Å². The fraction of sp³-hybridized carbons (Fsp3) is 0.300. The van der Waals surface area contributed by atoms with Crippen LogP contribution in [0.2, 0.25) is 0 Å². The summed E-state index contributed by atoms with van der Waals surface area (Å²) < 4.78 is 26.2. The first-order valence-corrected chi connectivity index (χ1v) is 10.7. The number of hydrogen-bond acceptors (Lipinski definition) is 5. The predicted molar refractivity (Wildman–Crippen MR) is 111 cm³/mol. The lowest BCUT2D eigenvalue weighted by Crippen LogP contribution is -2.28. The molecule has 1 heterocycles. The van der Waals surface area contributed by atoms with Crippen molar-refractivity contribution in [2.45, 2.75) is 26.4 Å². The lowest BCUT2D eigenvalue weighted by atomic mass is 10.1. The van der Waals surface area contributed by atoms with Crippen molar-refractivity contribution in [2.24, 2.45) is 5.73 Å². The van der Waals surface area contributed by atoms with Crippen LogP contribution in [-0.2, 0) is 16.6 Å². The van der Waals surface area contributed by atoms with Crippen LogP contribution < -0.4 is 11.3 Å². The molecule has 7 nitrogen and oxygen atoms in total. The van der Waals surface area contributed by atoms with E-state index in [1.54, 1.807) is 31.2 Å². The molecule has 0 amide bonds. The van der Waals surface area contributed by atoms with E-state index in [-0.39, 0.29) is 12.1 Å². The zero-order valence-electron chi connectivity index (χ0n) is 16.4. The van der Waals surface area contributed by atoms with E-state index in [4.69, 9.17) is 5.73 Å². The molecule has 0 saturated carbocycles. The molecule has 1 aromatic heterocycles. The topological polar surface area (TPSA) is 98.3 Å². The third-order valence-corrected chi connectivity index (χ3v) is 5.94. The Hall–Kier alpha value is -2.55. The maximum absolute atomic E-state index is 13.3. The monoisotopic (exact) mass is 400 g/mol. The second-order valence-electron chi connectivity index (χ2n) is 7.06. The Morgan fingerprint density at radius 3 is 2.54 bits per heavy atom. The SMILES string of the molecule is Cc1cccc2nc([C@H](C)N)n(-c3cccc(CN(C)S(C)(=O)=O)c3)c(=O)c12. The highest BCUT2D eigenvalue weighted by Crippen LogP contribution is 2.20. The maximum atomic E-state index is 13.3. The minimum Gasteiger partial charge on any atom is -0.322 e. The number of aromatic nitrogens is 2. The van der Waals surface area contributed by atoms with Crippen molar-refractivity contribution in [3.8, 4) is 5.69 Å². The third kappa shape index (κ3) is 3.84. The smallest absolute Gasteiger partial charge is 0.266 e. The van der Waals surface area contributed by atoms with Gasteiger partial charge < -0.3 is 5.73 Å². The van der Waals surface area contributed by atoms with Gasteiger partial charge in [-0.1, -0.05) is 24.3 Å². The van der Waals surface area contributed by atoms with Gasteiger partial charge in [0.1, 0.15) is 5.82 Å². The molecule has 0 spiro atoms. The van der Waals surface area contributed by atoms with Crippen molar-refractivity contribution in [1.82, 2.24) is 13.9 Å². The molecular formula is C20H24N4O3S. The Bertz CT molecular complexity index is 1200. The summed E-state index contributed by atoms with van der Waals surface area (Å²) in [5, 5.41) is 0.547. The van der Waals surface area contributed by atoms with Crippen molar-refractivity contribution in [1.29, 1.82) is 0 Å². The normalized spacial score (nSPS) is 13.2. The number of aryl methyl sites for hydroxylation is 1. The fourth-order valence-electron chi connectivity index (χ4n) is 3.14. The van der Waals surface area contributed by atoms with E-state index in [1.807, 2.05) is 25.1 Å². The molecule has 3 aromatic rings. The van der Waals surface area contributed by atoms with Crippen LogP contribution in [0.15, 0.2) is 47.3 Å². The maximum Gasteiger partial charge on any atom is 0.266 e. The van der Waals surface area contributed by atoms with E-state index in [1.165, 1.54) is 15.9 Å². The lowest BCUT2D eigenvalue weighted by molar-refractivity contribution is 0.472. The van der Waals surface area contributed by atoms with Gasteiger partial charge in [0.05, 0.1) is 28.9 Å². The Morgan fingerprint density at radius 1 is 1.21 bits per heavy atom. The summed E-state index contributed by atoms with van der Waals surface area (Å²) in [6.45, 7) is 3.86. The van der Waals surface area contributed by atoms with E-state index in [0.29, 0.717) is 22.4 Å². The Labute approximate surface area is 164 Å². The minimum atomic E-state index is -3.31. The summed E-state index contributed by atoms with van der Waals surface area (Å²) in [6.07, 6.45) is 1.16. The number of rotatable bonds is 5. The Morgan fingerprint density at radius 2 is 1.89 bits per heavy atom. The molecule has 2 aromatic carbocycles. The summed E-state index contributed by atoms with van der Waals surface area (Å²) in [4.78, 5) is 18.0. The average Bonchev–Trinajstić information content (AvgIpc) is 2.60. The van der Waals surface area contributed by atoms with E-state index < -0.39 is 16.1 Å². The largest absolute Gasteiger partial charge is 0.322 e. The van der Waals surface area contributed by atoms with Crippen LogP contribution in [0.1, 0.15) is 29.9 Å². The summed E-state index contributed by atoms with van der Waals surface area (Å²) in [5.74, 6) is 0.455. The highest BCUT2D eigenvalue weighted by molar-refractivity contribution is 7.88. The van der Waals surface area contributed by atoms with Gasteiger partial charge in [0.25, 0.3) is 5.56 Å². The van der Waals surface area contributed by atoms with E-state index >= 15 is 0 Å². The average molecular weight is 401 g/mol. The van der Waals surface area contributed by atoms with Crippen LogP contribution in [0.3, 0.4) is 0 Å². The molecule has 2 N–H and O–H groups in total. The van der Waals surface area contributed by atoms with Crippen LogP contribution >= 0.6 is 0 Å². The van der Waals surface area contributed by atoms with Gasteiger partial charge in [0, 0.05) is 13.6 Å². The fourth-order valence-corrected chi connectivity index (χ4v) is 3.52. The summed E-state index contributed by atoms with van der Waals surface area (Å²) in [7, 11) is -1.79. The molecule has 148 valence electrons. The quantitative estimate of drug-likeness (QED) is 0.707. The van der Waals surface area contributed by atoms with Crippen LogP contribution in [0.5, 0.6) is 0 Å². The molecule has 0 unspecified atom stereocenters.